The fourth-order valence-electron chi connectivity index (χ4n) is 2.95. The molecule has 0 saturated carbocycles. The Balaban J connectivity index is 2.07. The Morgan fingerprint density at radius 1 is 1.50 bits per heavy atom. The van der Waals surface area contributed by atoms with Gasteiger partial charge in [-0.1, -0.05) is 13.8 Å². The van der Waals surface area contributed by atoms with E-state index in [4.69, 9.17) is 4.74 Å². The molecule has 0 amide bonds. The van der Waals surface area contributed by atoms with Gasteiger partial charge < -0.3 is 9.84 Å². The number of rotatable bonds is 2. The minimum absolute atomic E-state index is 0.231. The van der Waals surface area contributed by atoms with Crippen LogP contribution in [0.3, 0.4) is 0 Å². The molecule has 2 unspecified atom stereocenters. The van der Waals surface area contributed by atoms with E-state index < -0.39 is 0 Å². The number of β-amino-alcohol motifs (C(OH)–C–C–N with tert-alkyl or cyclic N) is 1. The zero-order valence-corrected chi connectivity index (χ0v) is 9.36. The first kappa shape index (κ1) is 10.4. The lowest BCUT2D eigenvalue weighted by molar-refractivity contribution is 0.0873. The number of aliphatic hydroxyl groups is 1. The van der Waals surface area contributed by atoms with Gasteiger partial charge in [0.05, 0.1) is 19.3 Å². The van der Waals surface area contributed by atoms with Crippen LogP contribution in [-0.4, -0.2) is 48.5 Å². The number of likely N-dealkylation sites (tertiary alicyclic amines) is 1. The SMILES string of the molecule is C[C@@H](O)CN1CC(C)(C)C2COCC21. The topological polar surface area (TPSA) is 32.7 Å². The molecule has 0 aromatic carbocycles. The zero-order chi connectivity index (χ0) is 10.3. The third kappa shape index (κ3) is 1.69. The van der Waals surface area contributed by atoms with E-state index in [0.717, 1.165) is 26.3 Å². The van der Waals surface area contributed by atoms with E-state index in [1.807, 2.05) is 6.92 Å². The van der Waals surface area contributed by atoms with Crippen LogP contribution >= 0.6 is 0 Å². The third-order valence-electron chi connectivity index (χ3n) is 3.63. The summed E-state index contributed by atoms with van der Waals surface area (Å²) >= 11 is 0. The van der Waals surface area contributed by atoms with E-state index in [1.165, 1.54) is 0 Å². The monoisotopic (exact) mass is 199 g/mol. The van der Waals surface area contributed by atoms with Gasteiger partial charge in [-0.15, -0.1) is 0 Å². The molecule has 2 saturated heterocycles. The van der Waals surface area contributed by atoms with E-state index in [1.54, 1.807) is 0 Å². The lowest BCUT2D eigenvalue weighted by Gasteiger charge is -2.24. The number of ether oxygens (including phenoxy) is 1. The van der Waals surface area contributed by atoms with Gasteiger partial charge in [0.2, 0.25) is 0 Å². The smallest absolute Gasteiger partial charge is 0.0639 e. The number of hydrogen-bond acceptors (Lipinski definition) is 3. The Labute approximate surface area is 86.0 Å². The normalized spacial score (nSPS) is 38.6. The quantitative estimate of drug-likeness (QED) is 0.711. The van der Waals surface area contributed by atoms with Crippen molar-refractivity contribution in [2.24, 2.45) is 11.3 Å². The molecule has 14 heavy (non-hydrogen) atoms. The van der Waals surface area contributed by atoms with Crippen molar-refractivity contribution in [3.63, 3.8) is 0 Å². The van der Waals surface area contributed by atoms with E-state index in [0.29, 0.717) is 17.4 Å². The van der Waals surface area contributed by atoms with Crippen molar-refractivity contribution < 1.29 is 9.84 Å². The van der Waals surface area contributed by atoms with Crippen LogP contribution in [0.1, 0.15) is 20.8 Å². The Morgan fingerprint density at radius 3 is 2.86 bits per heavy atom. The molecule has 3 nitrogen and oxygen atoms in total. The highest BCUT2D eigenvalue weighted by molar-refractivity contribution is 5.00. The first-order valence-corrected chi connectivity index (χ1v) is 5.50. The lowest BCUT2D eigenvalue weighted by Crippen LogP contribution is -2.37. The molecule has 0 bridgehead atoms. The first-order chi connectivity index (χ1) is 6.50. The predicted octanol–water partition coefficient (Wildman–Crippen LogP) is 0.724. The second-order valence-corrected chi connectivity index (χ2v) is 5.48. The van der Waals surface area contributed by atoms with E-state index in [-0.39, 0.29) is 6.10 Å². The number of hydrogen-bond donors (Lipinski definition) is 1. The number of aliphatic hydroxyl groups excluding tert-OH is 1. The average Bonchev–Trinajstić information content (AvgIpc) is 2.55. The molecule has 0 aromatic heterocycles. The van der Waals surface area contributed by atoms with Crippen molar-refractivity contribution in [1.82, 2.24) is 4.90 Å². The van der Waals surface area contributed by atoms with E-state index in [2.05, 4.69) is 18.7 Å². The Morgan fingerprint density at radius 2 is 2.21 bits per heavy atom. The summed E-state index contributed by atoms with van der Waals surface area (Å²) in [6.45, 7) is 10.1. The minimum atomic E-state index is -0.231. The van der Waals surface area contributed by atoms with Crippen molar-refractivity contribution in [3.05, 3.63) is 0 Å². The highest BCUT2D eigenvalue weighted by atomic mass is 16.5. The van der Waals surface area contributed by atoms with E-state index >= 15 is 0 Å². The van der Waals surface area contributed by atoms with Gasteiger partial charge in [0.1, 0.15) is 0 Å². The van der Waals surface area contributed by atoms with Gasteiger partial charge in [-0.2, -0.15) is 0 Å². The Kier molecular flexibility index (Phi) is 2.58. The van der Waals surface area contributed by atoms with Crippen molar-refractivity contribution in [2.75, 3.05) is 26.3 Å². The molecule has 82 valence electrons. The summed E-state index contributed by atoms with van der Waals surface area (Å²) in [7, 11) is 0. The van der Waals surface area contributed by atoms with Gasteiger partial charge >= 0.3 is 0 Å². The molecular formula is C11H21NO2. The molecule has 2 fully saturated rings. The lowest BCUT2D eigenvalue weighted by atomic mass is 9.80. The van der Waals surface area contributed by atoms with Crippen molar-refractivity contribution in [3.8, 4) is 0 Å². The summed E-state index contributed by atoms with van der Waals surface area (Å²) < 4.78 is 5.54. The summed E-state index contributed by atoms with van der Waals surface area (Å²) in [5.41, 5.74) is 0.343. The van der Waals surface area contributed by atoms with Crippen LogP contribution in [0.5, 0.6) is 0 Å². The molecule has 0 radical (unpaired) electrons. The second-order valence-electron chi connectivity index (χ2n) is 5.48. The summed E-state index contributed by atoms with van der Waals surface area (Å²) in [6.07, 6.45) is -0.231. The summed E-state index contributed by atoms with van der Waals surface area (Å²) in [6, 6.07) is 0.541. The second kappa shape index (κ2) is 3.47. The average molecular weight is 199 g/mol. The maximum Gasteiger partial charge on any atom is 0.0639 e. The molecule has 2 aliphatic heterocycles. The molecule has 3 heteroatoms. The Hall–Kier alpha value is -0.120. The predicted molar refractivity (Wildman–Crippen MR) is 55.1 cm³/mol. The maximum atomic E-state index is 9.42. The van der Waals surface area contributed by atoms with Crippen LogP contribution in [0.4, 0.5) is 0 Å². The van der Waals surface area contributed by atoms with Crippen LogP contribution in [-0.2, 0) is 4.74 Å². The van der Waals surface area contributed by atoms with Crippen molar-refractivity contribution in [1.29, 1.82) is 0 Å². The van der Waals surface area contributed by atoms with Gasteiger partial charge in [-0.25, -0.2) is 0 Å². The molecule has 1 N–H and O–H groups in total. The first-order valence-electron chi connectivity index (χ1n) is 5.50. The van der Waals surface area contributed by atoms with Crippen LogP contribution in [0, 0.1) is 11.3 Å². The molecule has 2 heterocycles. The molecule has 2 rings (SSSR count). The van der Waals surface area contributed by atoms with Crippen LogP contribution in [0.2, 0.25) is 0 Å². The van der Waals surface area contributed by atoms with Crippen LogP contribution in [0.15, 0.2) is 0 Å². The largest absolute Gasteiger partial charge is 0.392 e. The number of fused-ring (bicyclic) bond motifs is 1. The van der Waals surface area contributed by atoms with Gasteiger partial charge in [-0.3, -0.25) is 4.90 Å². The fourth-order valence-corrected chi connectivity index (χ4v) is 2.95. The summed E-state index contributed by atoms with van der Waals surface area (Å²) in [5.74, 6) is 0.654. The standard InChI is InChI=1S/C11H21NO2/c1-8(13)4-12-7-11(2,3)9-5-14-6-10(9)12/h8-10,13H,4-7H2,1-3H3/t8-,9?,10?/m1/s1. The van der Waals surface area contributed by atoms with Crippen LogP contribution in [0.25, 0.3) is 0 Å². The van der Waals surface area contributed by atoms with Crippen molar-refractivity contribution in [2.45, 2.75) is 32.9 Å². The molecule has 3 atom stereocenters. The van der Waals surface area contributed by atoms with Crippen molar-refractivity contribution >= 4 is 0 Å². The van der Waals surface area contributed by atoms with Gasteiger partial charge in [0.25, 0.3) is 0 Å². The summed E-state index contributed by atoms with van der Waals surface area (Å²) in [4.78, 5) is 2.39. The van der Waals surface area contributed by atoms with Gasteiger partial charge in [0, 0.05) is 25.0 Å². The molecular weight excluding hydrogens is 178 g/mol. The molecule has 2 aliphatic rings. The molecule has 0 spiro atoms. The van der Waals surface area contributed by atoms with Crippen LogP contribution < -0.4 is 0 Å². The maximum absolute atomic E-state index is 9.42. The van der Waals surface area contributed by atoms with Gasteiger partial charge in [-0.05, 0) is 12.3 Å². The van der Waals surface area contributed by atoms with Gasteiger partial charge in [0.15, 0.2) is 0 Å². The third-order valence-corrected chi connectivity index (χ3v) is 3.63. The molecule has 0 aromatic rings. The minimum Gasteiger partial charge on any atom is -0.392 e. The summed E-state index contributed by atoms with van der Waals surface area (Å²) in [5, 5.41) is 9.42. The highest BCUT2D eigenvalue weighted by Gasteiger charge is 2.49. The van der Waals surface area contributed by atoms with E-state index in [9.17, 15) is 5.11 Å². The Bertz CT molecular complexity index is 215. The molecule has 0 aliphatic carbocycles. The highest BCUT2D eigenvalue weighted by Crippen LogP contribution is 2.42. The zero-order valence-electron chi connectivity index (χ0n) is 9.36. The number of nitrogens with zero attached hydrogens (tertiary/aromatic N) is 1. The fraction of sp³-hybridized carbons (Fsp3) is 1.00.